The fraction of sp³-hybridized carbons (Fsp3) is 0.435. The Morgan fingerprint density at radius 2 is 1.71 bits per heavy atom. The summed E-state index contributed by atoms with van der Waals surface area (Å²) in [5.41, 5.74) is 6.71. The molecule has 2 aromatic rings. The number of rotatable bonds is 3. The second kappa shape index (κ2) is 7.28. The van der Waals surface area contributed by atoms with Crippen LogP contribution < -0.4 is 4.72 Å². The van der Waals surface area contributed by atoms with Crippen LogP contribution in [-0.2, 0) is 5.41 Å². The highest BCUT2D eigenvalue weighted by Crippen LogP contribution is 2.43. The summed E-state index contributed by atoms with van der Waals surface area (Å²) >= 11 is 5.33. The molecular weight excluding hydrogens is 400 g/mol. The first kappa shape index (κ1) is 20.1. The van der Waals surface area contributed by atoms with Crippen molar-refractivity contribution < 1.29 is 0 Å². The number of fused-ring (bicyclic) bond motifs is 1. The first-order valence-corrected chi connectivity index (χ1v) is 12.2. The largest absolute Gasteiger partial charge is 0.231 e. The van der Waals surface area contributed by atoms with E-state index in [2.05, 4.69) is 77.5 Å². The third-order valence-corrected chi connectivity index (χ3v) is 9.19. The van der Waals surface area contributed by atoms with Gasteiger partial charge in [-0.15, -0.1) is 22.7 Å². The van der Waals surface area contributed by atoms with Gasteiger partial charge < -0.3 is 0 Å². The van der Waals surface area contributed by atoms with Crippen LogP contribution in [0.1, 0.15) is 71.2 Å². The molecule has 148 valence electrons. The molecule has 1 aliphatic heterocycles. The Balaban J connectivity index is 1.79. The smallest absolute Gasteiger partial charge is 0.0887 e. The lowest BCUT2D eigenvalue weighted by molar-refractivity contribution is 0.603. The lowest BCUT2D eigenvalue weighted by Gasteiger charge is -2.22. The lowest BCUT2D eigenvalue weighted by atomic mass is 9.88. The molecule has 0 amide bonds. The van der Waals surface area contributed by atoms with E-state index in [1.54, 1.807) is 0 Å². The number of aryl methyl sites for hydroxylation is 2. The van der Waals surface area contributed by atoms with E-state index < -0.39 is 0 Å². The maximum Gasteiger partial charge on any atom is 0.0887 e. The van der Waals surface area contributed by atoms with Gasteiger partial charge in [0, 0.05) is 25.1 Å². The Kier molecular flexibility index (Phi) is 5.24. The van der Waals surface area contributed by atoms with Crippen molar-refractivity contribution in [2.45, 2.75) is 65.8 Å². The number of thiophene rings is 2. The maximum absolute atomic E-state index is 4.80. The van der Waals surface area contributed by atoms with Crippen LogP contribution >= 0.6 is 34.8 Å². The summed E-state index contributed by atoms with van der Waals surface area (Å²) in [5, 5.41) is 0. The van der Waals surface area contributed by atoms with Gasteiger partial charge in [-0.1, -0.05) is 46.8 Å². The Labute approximate surface area is 181 Å². The molecule has 1 atom stereocenters. The number of nitrogens with one attached hydrogen (secondary N) is 1. The third-order valence-electron chi connectivity index (χ3n) is 5.27. The SMILES string of the molecule is Cc1cc(C(C)(C)C)sc1C1=CC=C(c2sc(C(C)C)cc2C)C2NSN=C12. The highest BCUT2D eigenvalue weighted by atomic mass is 32.2. The Morgan fingerprint density at radius 1 is 1.00 bits per heavy atom. The number of hydrogen-bond donors (Lipinski definition) is 1. The highest BCUT2D eigenvalue weighted by Gasteiger charge is 2.34. The number of allylic oxidation sites excluding steroid dienone is 2. The minimum atomic E-state index is 0.168. The van der Waals surface area contributed by atoms with Gasteiger partial charge >= 0.3 is 0 Å². The molecular formula is C23H28N2S3. The molecule has 0 radical (unpaired) electrons. The average molecular weight is 429 g/mol. The van der Waals surface area contributed by atoms with Crippen molar-refractivity contribution >= 4 is 51.7 Å². The summed E-state index contributed by atoms with van der Waals surface area (Å²) in [6.07, 6.45) is 4.61. The fourth-order valence-corrected chi connectivity index (χ4v) is 6.80. The van der Waals surface area contributed by atoms with Gasteiger partial charge in [0.15, 0.2) is 0 Å². The van der Waals surface area contributed by atoms with Gasteiger partial charge in [-0.2, -0.15) is 0 Å². The minimum Gasteiger partial charge on any atom is -0.231 e. The van der Waals surface area contributed by atoms with E-state index in [4.69, 9.17) is 4.40 Å². The van der Waals surface area contributed by atoms with Crippen LogP contribution in [0.5, 0.6) is 0 Å². The van der Waals surface area contributed by atoms with Gasteiger partial charge in [-0.05, 0) is 54.0 Å². The van der Waals surface area contributed by atoms with E-state index in [0.717, 1.165) is 0 Å². The van der Waals surface area contributed by atoms with Crippen molar-refractivity contribution in [2.75, 3.05) is 0 Å². The summed E-state index contributed by atoms with van der Waals surface area (Å²) in [6, 6.07) is 4.87. The van der Waals surface area contributed by atoms with Crippen molar-refractivity contribution in [3.8, 4) is 0 Å². The molecule has 0 spiro atoms. The van der Waals surface area contributed by atoms with E-state index >= 15 is 0 Å². The Hall–Kier alpha value is -1.14. The minimum absolute atomic E-state index is 0.168. The molecule has 0 saturated heterocycles. The number of nitrogens with zero attached hydrogens (tertiary/aromatic N) is 1. The van der Waals surface area contributed by atoms with E-state index in [9.17, 15) is 0 Å². The Morgan fingerprint density at radius 3 is 2.32 bits per heavy atom. The van der Waals surface area contributed by atoms with Crippen LogP contribution in [0.2, 0.25) is 0 Å². The zero-order valence-electron chi connectivity index (χ0n) is 17.6. The van der Waals surface area contributed by atoms with Crippen LogP contribution in [0, 0.1) is 13.8 Å². The topological polar surface area (TPSA) is 24.4 Å². The molecule has 2 aliphatic rings. The van der Waals surface area contributed by atoms with Crippen molar-refractivity contribution in [1.82, 2.24) is 4.72 Å². The van der Waals surface area contributed by atoms with Gasteiger partial charge in [0.25, 0.3) is 0 Å². The van der Waals surface area contributed by atoms with Gasteiger partial charge in [0.2, 0.25) is 0 Å². The third kappa shape index (κ3) is 3.47. The molecule has 2 aromatic heterocycles. The highest BCUT2D eigenvalue weighted by molar-refractivity contribution is 7.96. The zero-order valence-corrected chi connectivity index (χ0v) is 20.1. The molecule has 3 heterocycles. The summed E-state index contributed by atoms with van der Waals surface area (Å²) in [5.74, 6) is 0.566. The second-order valence-corrected chi connectivity index (χ2v) is 11.7. The van der Waals surface area contributed by atoms with Crippen LogP contribution in [0.15, 0.2) is 28.7 Å². The monoisotopic (exact) mass is 428 g/mol. The van der Waals surface area contributed by atoms with Crippen molar-refractivity contribution in [2.24, 2.45) is 4.40 Å². The summed E-state index contributed by atoms with van der Waals surface area (Å²) in [7, 11) is 0. The predicted molar refractivity (Wildman–Crippen MR) is 129 cm³/mol. The fourth-order valence-electron chi connectivity index (χ4n) is 3.60. The van der Waals surface area contributed by atoms with Crippen molar-refractivity contribution in [3.05, 3.63) is 54.9 Å². The molecule has 28 heavy (non-hydrogen) atoms. The lowest BCUT2D eigenvalue weighted by Crippen LogP contribution is -2.31. The average Bonchev–Trinajstić information content (AvgIpc) is 3.31. The van der Waals surface area contributed by atoms with Crippen LogP contribution in [0.4, 0.5) is 0 Å². The number of hydrogen-bond acceptors (Lipinski definition) is 5. The molecule has 5 heteroatoms. The van der Waals surface area contributed by atoms with Gasteiger partial charge in [0.1, 0.15) is 0 Å². The quantitative estimate of drug-likeness (QED) is 0.518. The van der Waals surface area contributed by atoms with Crippen molar-refractivity contribution in [1.29, 1.82) is 0 Å². The molecule has 0 fully saturated rings. The first-order chi connectivity index (χ1) is 13.2. The van der Waals surface area contributed by atoms with Gasteiger partial charge in [-0.3, -0.25) is 0 Å². The molecule has 1 N–H and O–H groups in total. The predicted octanol–water partition coefficient (Wildman–Crippen LogP) is 7.30. The normalized spacial score (nSPS) is 19.6. The molecule has 0 aromatic carbocycles. The first-order valence-electron chi connectivity index (χ1n) is 9.80. The van der Waals surface area contributed by atoms with Crippen molar-refractivity contribution in [3.63, 3.8) is 0 Å². The van der Waals surface area contributed by atoms with Gasteiger partial charge in [0.05, 0.1) is 23.9 Å². The molecule has 2 nitrogen and oxygen atoms in total. The molecule has 1 aliphatic carbocycles. The van der Waals surface area contributed by atoms with Crippen LogP contribution in [0.3, 0.4) is 0 Å². The standard InChI is InChI=1S/C23H28N2S3/c1-12(2)17-10-13(3)21(26-17)15-8-9-16(20-19(15)24-28-25-20)22-14(4)11-18(27-22)23(5,6)7/h8-12,19,24H,1-7H3. The van der Waals surface area contributed by atoms with Crippen LogP contribution in [-0.4, -0.2) is 11.8 Å². The van der Waals surface area contributed by atoms with E-state index in [0.29, 0.717) is 5.92 Å². The zero-order chi connectivity index (χ0) is 20.2. The maximum atomic E-state index is 4.80. The second-order valence-electron chi connectivity index (χ2n) is 9.01. The van der Waals surface area contributed by atoms with E-state index in [-0.39, 0.29) is 11.5 Å². The summed E-state index contributed by atoms with van der Waals surface area (Å²) in [4.78, 5) is 5.64. The molecule has 1 unspecified atom stereocenters. The van der Waals surface area contributed by atoms with E-state index in [1.165, 1.54) is 59.6 Å². The summed E-state index contributed by atoms with van der Waals surface area (Å²) < 4.78 is 8.34. The van der Waals surface area contributed by atoms with Crippen LogP contribution in [0.25, 0.3) is 11.1 Å². The van der Waals surface area contributed by atoms with E-state index in [1.807, 2.05) is 22.7 Å². The Bertz CT molecular complexity index is 1010. The summed E-state index contributed by atoms with van der Waals surface area (Å²) in [6.45, 7) is 15.9. The molecule has 0 bridgehead atoms. The molecule has 4 rings (SSSR count). The molecule has 0 saturated carbocycles. The van der Waals surface area contributed by atoms with Gasteiger partial charge in [-0.25, -0.2) is 9.12 Å².